The van der Waals surface area contributed by atoms with Crippen molar-refractivity contribution < 1.29 is 9.53 Å². The number of halogens is 2. The first-order valence-electron chi connectivity index (χ1n) is 3.25. The lowest BCUT2D eigenvalue weighted by atomic mass is 10.3. The van der Waals surface area contributed by atoms with Crippen molar-refractivity contribution >= 4 is 29.5 Å². The average molecular weight is 205 g/mol. The summed E-state index contributed by atoms with van der Waals surface area (Å²) in [5.74, 6) is 0.427. The molecule has 0 amide bonds. The lowest BCUT2D eigenvalue weighted by Crippen LogP contribution is -1.97. The first kappa shape index (κ1) is 9.36. The van der Waals surface area contributed by atoms with E-state index in [1.165, 1.54) is 0 Å². The predicted molar refractivity (Wildman–Crippen MR) is 48.0 cm³/mol. The smallest absolute Gasteiger partial charge is 0.157 e. The van der Waals surface area contributed by atoms with Crippen molar-refractivity contribution in [1.82, 2.24) is 0 Å². The standard InChI is InChI=1S/C8H6Cl2O2/c9-6-1-2-7(10)8(5-6)12-4-3-11/h1-3,5H,4H2. The van der Waals surface area contributed by atoms with Gasteiger partial charge in [-0.15, -0.1) is 0 Å². The quantitative estimate of drug-likeness (QED) is 0.708. The van der Waals surface area contributed by atoms with Gasteiger partial charge in [-0.2, -0.15) is 0 Å². The van der Waals surface area contributed by atoms with E-state index in [1.807, 2.05) is 0 Å². The minimum absolute atomic E-state index is 0.0138. The number of ether oxygens (including phenoxy) is 1. The van der Waals surface area contributed by atoms with Gasteiger partial charge in [-0.05, 0) is 12.1 Å². The summed E-state index contributed by atoms with van der Waals surface area (Å²) in [5.41, 5.74) is 0. The Bertz CT molecular complexity index is 286. The molecular weight excluding hydrogens is 199 g/mol. The van der Waals surface area contributed by atoms with Crippen LogP contribution in [0.3, 0.4) is 0 Å². The number of hydrogen-bond donors (Lipinski definition) is 0. The van der Waals surface area contributed by atoms with Gasteiger partial charge in [0.05, 0.1) is 5.02 Å². The van der Waals surface area contributed by atoms with Gasteiger partial charge in [0, 0.05) is 11.1 Å². The molecule has 0 saturated carbocycles. The lowest BCUT2D eigenvalue weighted by Gasteiger charge is -2.03. The van der Waals surface area contributed by atoms with E-state index in [-0.39, 0.29) is 6.61 Å². The second kappa shape index (κ2) is 4.33. The molecule has 0 radical (unpaired) electrons. The van der Waals surface area contributed by atoms with Crippen LogP contribution >= 0.6 is 23.2 Å². The van der Waals surface area contributed by atoms with E-state index in [9.17, 15) is 4.79 Å². The van der Waals surface area contributed by atoms with Gasteiger partial charge in [-0.3, -0.25) is 4.79 Å². The second-order valence-corrected chi connectivity index (χ2v) is 2.90. The Kier molecular flexibility index (Phi) is 3.38. The van der Waals surface area contributed by atoms with Gasteiger partial charge in [-0.25, -0.2) is 0 Å². The number of hydrogen-bond acceptors (Lipinski definition) is 2. The molecular formula is C8H6Cl2O2. The highest BCUT2D eigenvalue weighted by Crippen LogP contribution is 2.27. The molecule has 1 aromatic rings. The molecule has 0 N–H and O–H groups in total. The summed E-state index contributed by atoms with van der Waals surface area (Å²) in [6.45, 7) is -0.0138. The van der Waals surface area contributed by atoms with Crippen LogP contribution in [0.15, 0.2) is 18.2 Å². The summed E-state index contributed by atoms with van der Waals surface area (Å²) >= 11 is 11.4. The summed E-state index contributed by atoms with van der Waals surface area (Å²) in [5, 5.41) is 0.974. The van der Waals surface area contributed by atoms with Crippen molar-refractivity contribution in [2.45, 2.75) is 0 Å². The van der Waals surface area contributed by atoms with Crippen LogP contribution in [0.5, 0.6) is 5.75 Å². The first-order chi connectivity index (χ1) is 5.74. The van der Waals surface area contributed by atoms with Gasteiger partial charge in [0.2, 0.25) is 0 Å². The normalized spacial score (nSPS) is 9.50. The average Bonchev–Trinajstić information content (AvgIpc) is 2.07. The van der Waals surface area contributed by atoms with Gasteiger partial charge in [0.15, 0.2) is 6.29 Å². The zero-order valence-corrected chi connectivity index (χ0v) is 7.60. The number of aldehydes is 1. The van der Waals surface area contributed by atoms with Gasteiger partial charge in [0.25, 0.3) is 0 Å². The van der Waals surface area contributed by atoms with Crippen LogP contribution in [-0.4, -0.2) is 12.9 Å². The van der Waals surface area contributed by atoms with Crippen LogP contribution in [0.4, 0.5) is 0 Å². The molecule has 1 aromatic carbocycles. The summed E-state index contributed by atoms with van der Waals surface area (Å²) in [6, 6.07) is 4.83. The first-order valence-corrected chi connectivity index (χ1v) is 4.01. The Labute approximate surface area is 80.0 Å². The topological polar surface area (TPSA) is 26.3 Å². The third kappa shape index (κ3) is 2.40. The Morgan fingerprint density at radius 2 is 2.17 bits per heavy atom. The molecule has 0 saturated heterocycles. The Balaban J connectivity index is 2.82. The highest BCUT2D eigenvalue weighted by Gasteiger charge is 2.00. The van der Waals surface area contributed by atoms with Crippen molar-refractivity contribution in [2.75, 3.05) is 6.61 Å². The van der Waals surface area contributed by atoms with Crippen LogP contribution in [-0.2, 0) is 4.79 Å². The molecule has 4 heteroatoms. The summed E-state index contributed by atoms with van der Waals surface area (Å²) in [6.07, 6.45) is 0.650. The molecule has 0 fully saturated rings. The molecule has 2 nitrogen and oxygen atoms in total. The van der Waals surface area contributed by atoms with E-state index in [1.54, 1.807) is 18.2 Å². The lowest BCUT2D eigenvalue weighted by molar-refractivity contribution is -0.109. The minimum atomic E-state index is -0.0138. The van der Waals surface area contributed by atoms with E-state index < -0.39 is 0 Å². The molecule has 0 atom stereocenters. The molecule has 0 bridgehead atoms. The van der Waals surface area contributed by atoms with E-state index in [4.69, 9.17) is 27.9 Å². The Morgan fingerprint density at radius 1 is 1.42 bits per heavy atom. The maximum atomic E-state index is 9.97. The minimum Gasteiger partial charge on any atom is -0.485 e. The molecule has 0 aromatic heterocycles. The number of benzene rings is 1. The molecule has 0 aliphatic heterocycles. The van der Waals surface area contributed by atoms with Crippen molar-refractivity contribution in [3.8, 4) is 5.75 Å². The molecule has 1 rings (SSSR count). The van der Waals surface area contributed by atoms with Gasteiger partial charge < -0.3 is 4.74 Å². The predicted octanol–water partition coefficient (Wildman–Crippen LogP) is 2.57. The molecule has 0 unspecified atom stereocenters. The largest absolute Gasteiger partial charge is 0.485 e. The number of carbonyl (C=O) groups excluding carboxylic acids is 1. The SMILES string of the molecule is O=CCOc1cc(Cl)ccc1Cl. The summed E-state index contributed by atoms with van der Waals surface area (Å²) in [7, 11) is 0. The van der Waals surface area contributed by atoms with Crippen molar-refractivity contribution in [2.24, 2.45) is 0 Å². The number of rotatable bonds is 3. The molecule has 0 aliphatic carbocycles. The van der Waals surface area contributed by atoms with E-state index >= 15 is 0 Å². The van der Waals surface area contributed by atoms with E-state index in [0.717, 1.165) is 0 Å². The van der Waals surface area contributed by atoms with Crippen LogP contribution in [0.25, 0.3) is 0 Å². The highest BCUT2D eigenvalue weighted by molar-refractivity contribution is 6.34. The Hall–Kier alpha value is -0.730. The van der Waals surface area contributed by atoms with E-state index in [0.29, 0.717) is 22.1 Å². The zero-order valence-electron chi connectivity index (χ0n) is 6.09. The van der Waals surface area contributed by atoms with Crippen molar-refractivity contribution in [3.05, 3.63) is 28.2 Å². The van der Waals surface area contributed by atoms with Crippen LogP contribution in [0.1, 0.15) is 0 Å². The molecule has 0 spiro atoms. The van der Waals surface area contributed by atoms with Crippen LogP contribution in [0.2, 0.25) is 10.0 Å². The third-order valence-corrected chi connectivity index (χ3v) is 1.75. The highest BCUT2D eigenvalue weighted by atomic mass is 35.5. The van der Waals surface area contributed by atoms with Crippen molar-refractivity contribution in [1.29, 1.82) is 0 Å². The van der Waals surface area contributed by atoms with Crippen LogP contribution < -0.4 is 4.74 Å². The van der Waals surface area contributed by atoms with Gasteiger partial charge in [-0.1, -0.05) is 23.2 Å². The third-order valence-electron chi connectivity index (χ3n) is 1.20. The number of carbonyl (C=O) groups is 1. The maximum Gasteiger partial charge on any atom is 0.157 e. The summed E-state index contributed by atoms with van der Waals surface area (Å²) in [4.78, 5) is 9.97. The fraction of sp³-hybridized carbons (Fsp3) is 0.125. The zero-order chi connectivity index (χ0) is 8.97. The fourth-order valence-corrected chi connectivity index (χ4v) is 1.05. The van der Waals surface area contributed by atoms with Crippen LogP contribution in [0, 0.1) is 0 Å². The molecule has 12 heavy (non-hydrogen) atoms. The van der Waals surface area contributed by atoms with Gasteiger partial charge in [0.1, 0.15) is 12.4 Å². The monoisotopic (exact) mass is 204 g/mol. The molecule has 64 valence electrons. The molecule has 0 aliphatic rings. The Morgan fingerprint density at radius 3 is 2.83 bits per heavy atom. The van der Waals surface area contributed by atoms with Gasteiger partial charge >= 0.3 is 0 Å². The summed E-state index contributed by atoms with van der Waals surface area (Å²) < 4.78 is 4.98. The molecule has 0 heterocycles. The van der Waals surface area contributed by atoms with E-state index in [2.05, 4.69) is 0 Å². The van der Waals surface area contributed by atoms with Crippen molar-refractivity contribution in [3.63, 3.8) is 0 Å². The maximum absolute atomic E-state index is 9.97. The fourth-order valence-electron chi connectivity index (χ4n) is 0.712. The second-order valence-electron chi connectivity index (χ2n) is 2.05.